The maximum atomic E-state index is 5.84. The molecule has 2 aromatic carbocycles. The molecule has 20 heavy (non-hydrogen) atoms. The first kappa shape index (κ1) is 13.9. The second-order valence-corrected chi connectivity index (χ2v) is 4.67. The Hall–Kier alpha value is -2.48. The summed E-state index contributed by atoms with van der Waals surface area (Å²) in [5, 5.41) is 0. The van der Waals surface area contributed by atoms with Crippen molar-refractivity contribution < 1.29 is 0 Å². The van der Waals surface area contributed by atoms with Gasteiger partial charge in [0.05, 0.1) is 0 Å². The fraction of sp³-hybridized carbons (Fsp3) is 0.111. The third kappa shape index (κ3) is 2.91. The van der Waals surface area contributed by atoms with Crippen LogP contribution in [0.5, 0.6) is 0 Å². The summed E-state index contributed by atoms with van der Waals surface area (Å²) in [5.74, 6) is 0. The molecule has 0 spiro atoms. The number of nitrogen functional groups attached to an aromatic ring is 1. The summed E-state index contributed by atoms with van der Waals surface area (Å²) in [6, 6.07) is 18.1. The van der Waals surface area contributed by atoms with Crippen LogP contribution >= 0.6 is 0 Å². The molecule has 0 atom stereocenters. The number of nitrogens with two attached hydrogens (primary N) is 1. The average Bonchev–Trinajstić information content (AvgIpc) is 2.48. The Kier molecular flexibility index (Phi) is 4.26. The molecule has 0 saturated heterocycles. The van der Waals surface area contributed by atoms with Crippen molar-refractivity contribution in [3.63, 3.8) is 0 Å². The fourth-order valence-corrected chi connectivity index (χ4v) is 2.22. The van der Waals surface area contributed by atoms with Crippen LogP contribution in [0.25, 0.3) is 11.4 Å². The first-order chi connectivity index (χ1) is 9.63. The van der Waals surface area contributed by atoms with E-state index >= 15 is 0 Å². The van der Waals surface area contributed by atoms with Crippen LogP contribution in [-0.2, 0) is 0 Å². The third-order valence-electron chi connectivity index (χ3n) is 3.33. The van der Waals surface area contributed by atoms with Crippen molar-refractivity contribution in [3.8, 4) is 0 Å². The SMILES string of the molecule is C=C(c1cccc(N)c1)N(C)/C(=C\C)c1ccccc1. The number of hydrogen-bond acceptors (Lipinski definition) is 2. The Morgan fingerprint density at radius 3 is 2.30 bits per heavy atom. The zero-order chi connectivity index (χ0) is 14.5. The summed E-state index contributed by atoms with van der Waals surface area (Å²) in [6.45, 7) is 6.22. The van der Waals surface area contributed by atoms with Crippen molar-refractivity contribution in [1.29, 1.82) is 0 Å². The smallest absolute Gasteiger partial charge is 0.0438 e. The van der Waals surface area contributed by atoms with Gasteiger partial charge in [-0.15, -0.1) is 0 Å². The van der Waals surface area contributed by atoms with Crippen LogP contribution in [0.15, 0.2) is 67.3 Å². The van der Waals surface area contributed by atoms with Crippen molar-refractivity contribution in [1.82, 2.24) is 4.90 Å². The lowest BCUT2D eigenvalue weighted by Gasteiger charge is -2.25. The van der Waals surface area contributed by atoms with Crippen LogP contribution < -0.4 is 5.73 Å². The lowest BCUT2D eigenvalue weighted by Crippen LogP contribution is -2.14. The Morgan fingerprint density at radius 1 is 1.05 bits per heavy atom. The largest absolute Gasteiger partial charge is 0.399 e. The highest BCUT2D eigenvalue weighted by Crippen LogP contribution is 2.27. The number of benzene rings is 2. The van der Waals surface area contributed by atoms with Crippen LogP contribution in [0, 0.1) is 0 Å². The van der Waals surface area contributed by atoms with E-state index in [0.29, 0.717) is 0 Å². The molecule has 2 N–H and O–H groups in total. The van der Waals surface area contributed by atoms with Crippen LogP contribution in [0.3, 0.4) is 0 Å². The molecule has 0 saturated carbocycles. The molecule has 0 bridgehead atoms. The molecule has 0 aromatic heterocycles. The molecule has 0 aliphatic carbocycles. The van der Waals surface area contributed by atoms with E-state index in [9.17, 15) is 0 Å². The quantitative estimate of drug-likeness (QED) is 0.837. The molecule has 2 nitrogen and oxygen atoms in total. The Labute approximate surface area is 120 Å². The second-order valence-electron chi connectivity index (χ2n) is 4.67. The van der Waals surface area contributed by atoms with Gasteiger partial charge in [0.15, 0.2) is 0 Å². The van der Waals surface area contributed by atoms with Gasteiger partial charge >= 0.3 is 0 Å². The van der Waals surface area contributed by atoms with Crippen LogP contribution in [-0.4, -0.2) is 11.9 Å². The first-order valence-corrected chi connectivity index (χ1v) is 6.63. The Balaban J connectivity index is 2.30. The topological polar surface area (TPSA) is 29.3 Å². The summed E-state index contributed by atoms with van der Waals surface area (Å²) < 4.78 is 0. The molecule has 0 aliphatic heterocycles. The van der Waals surface area contributed by atoms with E-state index in [0.717, 1.165) is 22.6 Å². The molecular formula is C18H20N2. The zero-order valence-electron chi connectivity index (χ0n) is 12.0. The van der Waals surface area contributed by atoms with E-state index in [1.165, 1.54) is 5.56 Å². The van der Waals surface area contributed by atoms with Gasteiger partial charge in [0, 0.05) is 24.1 Å². The molecule has 102 valence electrons. The van der Waals surface area contributed by atoms with Gasteiger partial charge in [-0.2, -0.15) is 0 Å². The van der Waals surface area contributed by atoms with Crippen molar-refractivity contribution in [2.75, 3.05) is 12.8 Å². The van der Waals surface area contributed by atoms with Gasteiger partial charge in [0.2, 0.25) is 0 Å². The van der Waals surface area contributed by atoms with Gasteiger partial charge in [-0.3, -0.25) is 0 Å². The normalized spacial score (nSPS) is 11.2. The molecule has 0 fully saturated rings. The van der Waals surface area contributed by atoms with Gasteiger partial charge in [0.1, 0.15) is 0 Å². The minimum atomic E-state index is 0.749. The highest BCUT2D eigenvalue weighted by atomic mass is 15.1. The van der Waals surface area contributed by atoms with Crippen molar-refractivity contribution >= 4 is 17.1 Å². The number of rotatable bonds is 4. The highest BCUT2D eigenvalue weighted by Gasteiger charge is 2.11. The van der Waals surface area contributed by atoms with E-state index in [1.54, 1.807) is 0 Å². The van der Waals surface area contributed by atoms with E-state index in [1.807, 2.05) is 56.4 Å². The molecular weight excluding hydrogens is 244 g/mol. The summed E-state index contributed by atoms with van der Waals surface area (Å²) in [4.78, 5) is 2.09. The van der Waals surface area contributed by atoms with Gasteiger partial charge in [-0.1, -0.05) is 55.1 Å². The lowest BCUT2D eigenvalue weighted by atomic mass is 10.1. The average molecular weight is 264 g/mol. The van der Waals surface area contributed by atoms with E-state index in [2.05, 4.69) is 29.7 Å². The van der Waals surface area contributed by atoms with E-state index < -0.39 is 0 Å². The molecule has 0 radical (unpaired) electrons. The third-order valence-corrected chi connectivity index (χ3v) is 3.33. The van der Waals surface area contributed by atoms with Gasteiger partial charge in [-0.25, -0.2) is 0 Å². The molecule has 0 aliphatic rings. The number of hydrogen-bond donors (Lipinski definition) is 1. The van der Waals surface area contributed by atoms with Crippen LogP contribution in [0.1, 0.15) is 18.1 Å². The van der Waals surface area contributed by atoms with E-state index in [4.69, 9.17) is 5.73 Å². The monoisotopic (exact) mass is 264 g/mol. The lowest BCUT2D eigenvalue weighted by molar-refractivity contribution is 0.685. The predicted molar refractivity (Wildman–Crippen MR) is 87.7 cm³/mol. The van der Waals surface area contributed by atoms with Crippen molar-refractivity contribution in [2.45, 2.75) is 6.92 Å². The van der Waals surface area contributed by atoms with Crippen molar-refractivity contribution in [3.05, 3.63) is 78.4 Å². The number of allylic oxidation sites excluding steroid dienone is 1. The molecule has 2 rings (SSSR count). The summed E-state index contributed by atoms with van der Waals surface area (Å²) in [7, 11) is 2.02. The maximum Gasteiger partial charge on any atom is 0.0438 e. The Morgan fingerprint density at radius 2 is 1.70 bits per heavy atom. The second kappa shape index (κ2) is 6.11. The maximum absolute atomic E-state index is 5.84. The standard InChI is InChI=1S/C18H20N2/c1-4-18(15-9-6-5-7-10-15)20(3)14(2)16-11-8-12-17(19)13-16/h4-13H,2,19H2,1,3H3/b18-4-. The Bertz CT molecular complexity index is 627. The summed E-state index contributed by atoms with van der Waals surface area (Å²) in [6.07, 6.45) is 2.09. The summed E-state index contributed by atoms with van der Waals surface area (Å²) >= 11 is 0. The first-order valence-electron chi connectivity index (χ1n) is 6.63. The molecule has 0 unspecified atom stereocenters. The zero-order valence-corrected chi connectivity index (χ0v) is 12.0. The minimum Gasteiger partial charge on any atom is -0.399 e. The van der Waals surface area contributed by atoms with Gasteiger partial charge in [-0.05, 0) is 30.2 Å². The minimum absolute atomic E-state index is 0.749. The van der Waals surface area contributed by atoms with E-state index in [-0.39, 0.29) is 0 Å². The highest BCUT2D eigenvalue weighted by molar-refractivity contribution is 5.76. The number of nitrogens with zero attached hydrogens (tertiary/aromatic N) is 1. The molecule has 0 heterocycles. The predicted octanol–water partition coefficient (Wildman–Crippen LogP) is 4.23. The van der Waals surface area contributed by atoms with Crippen LogP contribution in [0.4, 0.5) is 5.69 Å². The van der Waals surface area contributed by atoms with Crippen molar-refractivity contribution in [2.24, 2.45) is 0 Å². The molecule has 2 aromatic rings. The number of anilines is 1. The molecule has 0 amide bonds. The summed E-state index contributed by atoms with van der Waals surface area (Å²) in [5.41, 5.74) is 10.8. The van der Waals surface area contributed by atoms with Crippen LogP contribution in [0.2, 0.25) is 0 Å². The molecule has 2 heteroatoms. The van der Waals surface area contributed by atoms with Gasteiger partial charge < -0.3 is 10.6 Å². The fourth-order valence-electron chi connectivity index (χ4n) is 2.22. The van der Waals surface area contributed by atoms with Gasteiger partial charge in [0.25, 0.3) is 0 Å².